The van der Waals surface area contributed by atoms with Gasteiger partial charge in [-0.3, -0.25) is 0 Å². The highest BCUT2D eigenvalue weighted by atomic mass is 16.5. The van der Waals surface area contributed by atoms with Crippen LogP contribution in [-0.2, 0) is 10.2 Å². The van der Waals surface area contributed by atoms with Crippen LogP contribution in [0.15, 0.2) is 24.3 Å². The molecule has 0 aliphatic carbocycles. The summed E-state index contributed by atoms with van der Waals surface area (Å²) in [5.74, 6) is 0.588. The second-order valence-electron chi connectivity index (χ2n) is 7.05. The van der Waals surface area contributed by atoms with Crippen molar-refractivity contribution in [1.29, 1.82) is 0 Å². The third-order valence-corrected chi connectivity index (χ3v) is 4.26. The van der Waals surface area contributed by atoms with Gasteiger partial charge in [-0.15, -0.1) is 0 Å². The molecule has 0 spiro atoms. The Morgan fingerprint density at radius 3 is 2.35 bits per heavy atom. The van der Waals surface area contributed by atoms with E-state index in [4.69, 9.17) is 4.74 Å². The van der Waals surface area contributed by atoms with Crippen molar-refractivity contribution in [2.75, 3.05) is 13.2 Å². The van der Waals surface area contributed by atoms with Crippen molar-refractivity contribution in [3.63, 3.8) is 0 Å². The van der Waals surface area contributed by atoms with Gasteiger partial charge in [0.15, 0.2) is 0 Å². The summed E-state index contributed by atoms with van der Waals surface area (Å²) in [6.45, 7) is 13.0. The lowest BCUT2D eigenvalue weighted by Crippen LogP contribution is -2.28. The van der Waals surface area contributed by atoms with Crippen LogP contribution in [0, 0.1) is 5.92 Å². The van der Waals surface area contributed by atoms with Crippen LogP contribution in [0.5, 0.6) is 0 Å². The molecule has 1 aromatic carbocycles. The predicted molar refractivity (Wildman–Crippen MR) is 85.1 cm³/mol. The van der Waals surface area contributed by atoms with Gasteiger partial charge < -0.3 is 10.1 Å². The highest BCUT2D eigenvalue weighted by molar-refractivity contribution is 5.29. The fraction of sp³-hybridized carbons (Fsp3) is 0.667. The molecule has 2 heteroatoms. The maximum Gasteiger partial charge on any atom is 0.0551 e. The maximum absolute atomic E-state index is 5.75. The van der Waals surface area contributed by atoms with E-state index < -0.39 is 0 Å². The molecule has 1 aliphatic rings. The Labute approximate surface area is 123 Å². The van der Waals surface area contributed by atoms with Crippen molar-refractivity contribution in [2.24, 2.45) is 5.92 Å². The van der Waals surface area contributed by atoms with Gasteiger partial charge in [0.05, 0.1) is 12.7 Å². The Hall–Kier alpha value is -0.860. The largest absolute Gasteiger partial charge is 0.378 e. The van der Waals surface area contributed by atoms with Crippen LogP contribution in [0.3, 0.4) is 0 Å². The topological polar surface area (TPSA) is 21.3 Å². The van der Waals surface area contributed by atoms with E-state index in [1.54, 1.807) is 0 Å². The first kappa shape index (κ1) is 15.5. The number of hydrogen-bond acceptors (Lipinski definition) is 2. The van der Waals surface area contributed by atoms with E-state index in [1.807, 2.05) is 0 Å². The van der Waals surface area contributed by atoms with Gasteiger partial charge in [0.1, 0.15) is 0 Å². The molecule has 0 amide bonds. The molecule has 0 saturated carbocycles. The van der Waals surface area contributed by atoms with Crippen molar-refractivity contribution < 1.29 is 4.74 Å². The fourth-order valence-electron chi connectivity index (χ4n) is 3.05. The Kier molecular flexibility index (Phi) is 4.87. The molecule has 2 nitrogen and oxygen atoms in total. The Morgan fingerprint density at radius 1 is 1.25 bits per heavy atom. The minimum absolute atomic E-state index is 0.219. The standard InChI is InChI=1S/C18H29NO/c1-6-19-17(15-11-13(2)20-12-15)14-7-9-16(10-8-14)18(3,4)5/h7-10,13,15,17,19H,6,11-12H2,1-5H3. The van der Waals surface area contributed by atoms with E-state index in [9.17, 15) is 0 Å². The molecule has 1 aliphatic heterocycles. The van der Waals surface area contributed by atoms with Gasteiger partial charge in [-0.05, 0) is 36.4 Å². The second-order valence-corrected chi connectivity index (χ2v) is 7.05. The van der Waals surface area contributed by atoms with Crippen LogP contribution in [0.1, 0.15) is 58.2 Å². The normalized spacial score (nSPS) is 24.9. The molecule has 3 atom stereocenters. The Balaban J connectivity index is 2.17. The summed E-state index contributed by atoms with van der Waals surface area (Å²) in [7, 11) is 0. The molecule has 1 N–H and O–H groups in total. The van der Waals surface area contributed by atoms with E-state index >= 15 is 0 Å². The molecule has 0 bridgehead atoms. The summed E-state index contributed by atoms with van der Waals surface area (Å²) >= 11 is 0. The molecule has 0 radical (unpaired) electrons. The number of rotatable bonds is 4. The first-order valence-electron chi connectivity index (χ1n) is 7.87. The molecule has 3 unspecified atom stereocenters. The lowest BCUT2D eigenvalue weighted by Gasteiger charge is -2.25. The van der Waals surface area contributed by atoms with Crippen molar-refractivity contribution in [2.45, 2.75) is 58.6 Å². The monoisotopic (exact) mass is 275 g/mol. The van der Waals surface area contributed by atoms with Crippen LogP contribution in [0.2, 0.25) is 0 Å². The summed E-state index contributed by atoms with van der Waals surface area (Å²) in [6.07, 6.45) is 1.55. The molecule has 1 heterocycles. The van der Waals surface area contributed by atoms with E-state index in [0.717, 1.165) is 19.6 Å². The lowest BCUT2D eigenvalue weighted by molar-refractivity contribution is 0.117. The minimum Gasteiger partial charge on any atom is -0.378 e. The summed E-state index contributed by atoms with van der Waals surface area (Å²) in [6, 6.07) is 9.55. The summed E-state index contributed by atoms with van der Waals surface area (Å²) in [4.78, 5) is 0. The van der Waals surface area contributed by atoms with Crippen molar-refractivity contribution in [1.82, 2.24) is 5.32 Å². The smallest absolute Gasteiger partial charge is 0.0551 e. The van der Waals surface area contributed by atoms with Gasteiger partial charge >= 0.3 is 0 Å². The first-order valence-corrected chi connectivity index (χ1v) is 7.87. The van der Waals surface area contributed by atoms with Gasteiger partial charge in [0, 0.05) is 12.0 Å². The van der Waals surface area contributed by atoms with Gasteiger partial charge in [0.25, 0.3) is 0 Å². The molecular formula is C18H29NO. The van der Waals surface area contributed by atoms with E-state index in [0.29, 0.717) is 18.1 Å². The first-order chi connectivity index (χ1) is 9.41. The van der Waals surface area contributed by atoms with E-state index in [-0.39, 0.29) is 5.41 Å². The third-order valence-electron chi connectivity index (χ3n) is 4.26. The summed E-state index contributed by atoms with van der Waals surface area (Å²) in [5, 5.41) is 3.64. The summed E-state index contributed by atoms with van der Waals surface area (Å²) < 4.78 is 5.75. The van der Waals surface area contributed by atoms with Crippen molar-refractivity contribution in [3.8, 4) is 0 Å². The van der Waals surface area contributed by atoms with Crippen LogP contribution in [-0.4, -0.2) is 19.3 Å². The predicted octanol–water partition coefficient (Wildman–Crippen LogP) is 4.06. The zero-order chi connectivity index (χ0) is 14.8. The average molecular weight is 275 g/mol. The van der Waals surface area contributed by atoms with E-state index in [1.165, 1.54) is 11.1 Å². The number of nitrogens with one attached hydrogen (secondary N) is 1. The lowest BCUT2D eigenvalue weighted by atomic mass is 9.84. The second kappa shape index (κ2) is 6.28. The van der Waals surface area contributed by atoms with Gasteiger partial charge in [0.2, 0.25) is 0 Å². The quantitative estimate of drug-likeness (QED) is 0.894. The highest BCUT2D eigenvalue weighted by Crippen LogP contribution is 2.32. The van der Waals surface area contributed by atoms with Crippen LogP contribution >= 0.6 is 0 Å². The van der Waals surface area contributed by atoms with E-state index in [2.05, 4.69) is 64.2 Å². The third kappa shape index (κ3) is 3.62. The molecule has 2 rings (SSSR count). The minimum atomic E-state index is 0.219. The van der Waals surface area contributed by atoms with Gasteiger partial charge in [-0.25, -0.2) is 0 Å². The fourth-order valence-corrected chi connectivity index (χ4v) is 3.05. The molecular weight excluding hydrogens is 246 g/mol. The molecule has 0 aromatic heterocycles. The molecule has 112 valence electrons. The highest BCUT2D eigenvalue weighted by Gasteiger charge is 2.30. The number of hydrogen-bond donors (Lipinski definition) is 1. The zero-order valence-electron chi connectivity index (χ0n) is 13.6. The number of ether oxygens (including phenoxy) is 1. The SMILES string of the molecule is CCNC(c1ccc(C(C)(C)C)cc1)C1COC(C)C1. The zero-order valence-corrected chi connectivity index (χ0v) is 13.6. The van der Waals surface area contributed by atoms with Crippen molar-refractivity contribution >= 4 is 0 Å². The number of benzene rings is 1. The summed E-state index contributed by atoms with van der Waals surface area (Å²) in [5.41, 5.74) is 3.01. The Morgan fingerprint density at radius 2 is 1.90 bits per heavy atom. The average Bonchev–Trinajstić information content (AvgIpc) is 2.81. The van der Waals surface area contributed by atoms with Crippen LogP contribution in [0.25, 0.3) is 0 Å². The maximum atomic E-state index is 5.75. The Bertz CT molecular complexity index is 418. The van der Waals surface area contributed by atoms with Crippen molar-refractivity contribution in [3.05, 3.63) is 35.4 Å². The molecule has 1 aromatic rings. The van der Waals surface area contributed by atoms with Gasteiger partial charge in [-0.2, -0.15) is 0 Å². The molecule has 20 heavy (non-hydrogen) atoms. The van der Waals surface area contributed by atoms with Crippen LogP contribution < -0.4 is 5.32 Å². The van der Waals surface area contributed by atoms with Gasteiger partial charge in [-0.1, -0.05) is 52.0 Å². The molecule has 1 saturated heterocycles. The molecule has 1 fully saturated rings. The van der Waals surface area contributed by atoms with Crippen LogP contribution in [0.4, 0.5) is 0 Å².